The average Bonchev–Trinajstić information content (AvgIpc) is 2.78. The molecule has 178 valence electrons. The maximum absolute atomic E-state index is 12.8. The van der Waals surface area contributed by atoms with Crippen molar-refractivity contribution in [3.8, 4) is 0 Å². The van der Waals surface area contributed by atoms with E-state index in [1.165, 1.54) is 12.8 Å². The minimum atomic E-state index is -0.727. The third-order valence-electron chi connectivity index (χ3n) is 7.70. The van der Waals surface area contributed by atoms with E-state index in [1.807, 2.05) is 30.5 Å². The summed E-state index contributed by atoms with van der Waals surface area (Å²) in [6.45, 7) is 7.02. The van der Waals surface area contributed by atoms with Crippen LogP contribution in [-0.2, 0) is 4.79 Å². The number of anilines is 1. The number of carbonyl (C=O) groups is 2. The van der Waals surface area contributed by atoms with Crippen molar-refractivity contribution >= 4 is 28.5 Å². The summed E-state index contributed by atoms with van der Waals surface area (Å²) in [4.78, 5) is 28.6. The highest BCUT2D eigenvalue weighted by Crippen LogP contribution is 2.38. The lowest BCUT2D eigenvalue weighted by Gasteiger charge is -2.37. The first-order valence-corrected chi connectivity index (χ1v) is 12.4. The van der Waals surface area contributed by atoms with Crippen LogP contribution in [0.4, 0.5) is 5.82 Å². The zero-order valence-corrected chi connectivity index (χ0v) is 20.1. The molecule has 2 aliphatic carbocycles. The number of hydrogen-bond donors (Lipinski definition) is 3. The Hall–Kier alpha value is -2.63. The van der Waals surface area contributed by atoms with Crippen molar-refractivity contribution in [2.75, 3.05) is 5.32 Å². The third kappa shape index (κ3) is 5.84. The number of carbonyl (C=O) groups excluding carboxylic acids is 1. The van der Waals surface area contributed by atoms with Gasteiger partial charge in [0.25, 0.3) is 5.91 Å². The molecule has 0 radical (unpaired) electrons. The number of rotatable bonds is 5. The van der Waals surface area contributed by atoms with Crippen LogP contribution in [0.3, 0.4) is 0 Å². The number of amides is 1. The number of benzene rings is 1. The summed E-state index contributed by atoms with van der Waals surface area (Å²) in [5, 5.41) is 17.9. The van der Waals surface area contributed by atoms with Crippen LogP contribution < -0.4 is 10.6 Å². The summed E-state index contributed by atoms with van der Waals surface area (Å²) < 4.78 is 0. The lowest BCUT2D eigenvalue weighted by Crippen LogP contribution is -2.38. The highest BCUT2D eigenvalue weighted by molar-refractivity contribution is 5.99. The first-order chi connectivity index (χ1) is 15.7. The van der Waals surface area contributed by atoms with Gasteiger partial charge in [-0.2, -0.15) is 0 Å². The molecule has 6 heteroatoms. The predicted molar refractivity (Wildman–Crippen MR) is 131 cm³/mol. The molecule has 0 spiro atoms. The van der Waals surface area contributed by atoms with Gasteiger partial charge in [-0.25, -0.2) is 4.98 Å². The van der Waals surface area contributed by atoms with E-state index in [2.05, 4.69) is 36.4 Å². The molecule has 2 aromatic rings. The van der Waals surface area contributed by atoms with Crippen LogP contribution in [0.25, 0.3) is 10.8 Å². The second-order valence-electron chi connectivity index (χ2n) is 11.1. The van der Waals surface area contributed by atoms with Gasteiger partial charge in [-0.15, -0.1) is 0 Å². The molecule has 1 aromatic carbocycles. The van der Waals surface area contributed by atoms with E-state index < -0.39 is 5.97 Å². The van der Waals surface area contributed by atoms with E-state index in [0.717, 1.165) is 35.3 Å². The number of carboxylic acid groups (broad SMARTS) is 1. The molecule has 0 bridgehead atoms. The topological polar surface area (TPSA) is 91.3 Å². The maximum atomic E-state index is 12.8. The molecule has 0 atom stereocenters. The molecule has 6 nitrogen and oxygen atoms in total. The van der Waals surface area contributed by atoms with Crippen LogP contribution in [0.2, 0.25) is 0 Å². The van der Waals surface area contributed by atoms with E-state index in [1.54, 1.807) is 0 Å². The van der Waals surface area contributed by atoms with Gasteiger partial charge in [0, 0.05) is 29.2 Å². The predicted octanol–water partition coefficient (Wildman–Crippen LogP) is 5.62. The standard InChI is InChI=1S/C27H37N3O3/c1-27(2,3)21-8-12-22(13-9-21)29-24-15-20-14-18(4-5-19(20)16-28-24)25(31)30-23-10-6-17(7-11-23)26(32)33/h4-5,14-17,21-23H,6-13H2,1-3H3,(H,28,29)(H,30,31)(H,32,33)/t17-,21-,22-,23+. The van der Waals surface area contributed by atoms with Crippen LogP contribution in [-0.4, -0.2) is 34.1 Å². The first-order valence-electron chi connectivity index (χ1n) is 12.4. The Bertz CT molecular complexity index is 997. The smallest absolute Gasteiger partial charge is 0.306 e. The lowest BCUT2D eigenvalue weighted by molar-refractivity contribution is -0.142. The Kier molecular flexibility index (Phi) is 6.91. The monoisotopic (exact) mass is 451 g/mol. The van der Waals surface area contributed by atoms with E-state index in [4.69, 9.17) is 5.11 Å². The summed E-state index contributed by atoms with van der Waals surface area (Å²) in [6, 6.07) is 8.24. The number of carboxylic acids is 1. The zero-order chi connectivity index (χ0) is 23.6. The van der Waals surface area contributed by atoms with Gasteiger partial charge in [0.05, 0.1) is 5.92 Å². The Morgan fingerprint density at radius 1 is 0.909 bits per heavy atom. The van der Waals surface area contributed by atoms with Crippen molar-refractivity contribution in [3.63, 3.8) is 0 Å². The van der Waals surface area contributed by atoms with E-state index in [-0.39, 0.29) is 17.9 Å². The summed E-state index contributed by atoms with van der Waals surface area (Å²) in [5.74, 6) is 0.546. The number of nitrogens with one attached hydrogen (secondary N) is 2. The second-order valence-corrected chi connectivity index (χ2v) is 11.1. The normalized spacial score (nSPS) is 26.0. The van der Waals surface area contributed by atoms with Crippen LogP contribution in [0.5, 0.6) is 0 Å². The van der Waals surface area contributed by atoms with Crippen LogP contribution in [0.1, 0.15) is 82.5 Å². The molecular formula is C27H37N3O3. The molecule has 0 unspecified atom stereocenters. The van der Waals surface area contributed by atoms with Crippen molar-refractivity contribution in [1.29, 1.82) is 0 Å². The molecule has 4 rings (SSSR count). The highest BCUT2D eigenvalue weighted by atomic mass is 16.4. The van der Waals surface area contributed by atoms with E-state index in [0.29, 0.717) is 42.7 Å². The molecule has 1 heterocycles. The number of pyridine rings is 1. The Balaban J connectivity index is 1.37. The van der Waals surface area contributed by atoms with Gasteiger partial charge < -0.3 is 15.7 Å². The van der Waals surface area contributed by atoms with Gasteiger partial charge in [0.2, 0.25) is 0 Å². The molecule has 0 aliphatic heterocycles. The molecule has 33 heavy (non-hydrogen) atoms. The van der Waals surface area contributed by atoms with Crippen LogP contribution in [0, 0.1) is 17.3 Å². The van der Waals surface area contributed by atoms with Gasteiger partial charge in [-0.3, -0.25) is 9.59 Å². The molecule has 3 N–H and O–H groups in total. The molecule has 1 aromatic heterocycles. The van der Waals surface area contributed by atoms with Gasteiger partial charge >= 0.3 is 5.97 Å². The summed E-state index contributed by atoms with van der Waals surface area (Å²) in [5.41, 5.74) is 1.00. The van der Waals surface area contributed by atoms with Gasteiger partial charge in [0.15, 0.2) is 0 Å². The largest absolute Gasteiger partial charge is 0.481 e. The van der Waals surface area contributed by atoms with E-state index >= 15 is 0 Å². The third-order valence-corrected chi connectivity index (χ3v) is 7.70. The zero-order valence-electron chi connectivity index (χ0n) is 20.1. The minimum absolute atomic E-state index is 0.0432. The summed E-state index contributed by atoms with van der Waals surface area (Å²) in [6.07, 6.45) is 9.35. The quantitative estimate of drug-likeness (QED) is 0.548. The fourth-order valence-corrected chi connectivity index (χ4v) is 5.43. The van der Waals surface area contributed by atoms with Gasteiger partial charge in [-0.1, -0.05) is 26.8 Å². The Morgan fingerprint density at radius 3 is 2.21 bits per heavy atom. The summed E-state index contributed by atoms with van der Waals surface area (Å²) >= 11 is 0. The van der Waals surface area contributed by atoms with Crippen molar-refractivity contribution in [3.05, 3.63) is 36.0 Å². The second kappa shape index (κ2) is 9.70. The first kappa shape index (κ1) is 23.5. The maximum Gasteiger partial charge on any atom is 0.306 e. The average molecular weight is 452 g/mol. The number of aromatic nitrogens is 1. The van der Waals surface area contributed by atoms with Crippen molar-refractivity contribution in [1.82, 2.24) is 10.3 Å². The van der Waals surface area contributed by atoms with Crippen molar-refractivity contribution < 1.29 is 14.7 Å². The van der Waals surface area contributed by atoms with Crippen molar-refractivity contribution in [2.24, 2.45) is 17.3 Å². The van der Waals surface area contributed by atoms with E-state index in [9.17, 15) is 9.59 Å². The van der Waals surface area contributed by atoms with Gasteiger partial charge in [0.1, 0.15) is 5.82 Å². The number of nitrogens with zero attached hydrogens (tertiary/aromatic N) is 1. The lowest BCUT2D eigenvalue weighted by atomic mass is 9.71. The molecule has 2 fully saturated rings. The van der Waals surface area contributed by atoms with Crippen LogP contribution >= 0.6 is 0 Å². The Labute approximate surface area is 196 Å². The fourth-order valence-electron chi connectivity index (χ4n) is 5.43. The number of hydrogen-bond acceptors (Lipinski definition) is 4. The highest BCUT2D eigenvalue weighted by Gasteiger charge is 2.30. The van der Waals surface area contributed by atoms with Crippen LogP contribution in [0.15, 0.2) is 30.5 Å². The molecule has 2 saturated carbocycles. The molecule has 0 saturated heterocycles. The SMILES string of the molecule is CC(C)(C)[C@H]1CC[C@H](Nc2cc3cc(C(=O)N[C@H]4CC[C@@H](C(=O)O)CC4)ccc3cn2)CC1. The fraction of sp³-hybridized carbons (Fsp3) is 0.593. The number of aliphatic carboxylic acids is 1. The molecular weight excluding hydrogens is 414 g/mol. The minimum Gasteiger partial charge on any atom is -0.481 e. The van der Waals surface area contributed by atoms with Crippen molar-refractivity contribution in [2.45, 2.75) is 84.2 Å². The van der Waals surface area contributed by atoms with Gasteiger partial charge in [-0.05, 0) is 86.3 Å². The molecule has 1 amide bonds. The molecule has 2 aliphatic rings. The Morgan fingerprint density at radius 2 is 1.58 bits per heavy atom. The number of fused-ring (bicyclic) bond motifs is 1. The summed E-state index contributed by atoms with van der Waals surface area (Å²) in [7, 11) is 0.